The van der Waals surface area contributed by atoms with Crippen LogP contribution in [0.2, 0.25) is 0 Å². The summed E-state index contributed by atoms with van der Waals surface area (Å²) in [5.74, 6) is -0.00335. The number of tetrazole rings is 1. The number of amides is 1. The zero-order valence-corrected chi connectivity index (χ0v) is 16.1. The van der Waals surface area contributed by atoms with E-state index < -0.39 is 0 Å². The van der Waals surface area contributed by atoms with Gasteiger partial charge in [-0.3, -0.25) is 4.79 Å². The molecule has 7 heteroatoms. The van der Waals surface area contributed by atoms with E-state index in [0.29, 0.717) is 5.16 Å². The maximum absolute atomic E-state index is 12.8. The van der Waals surface area contributed by atoms with E-state index >= 15 is 0 Å². The first-order valence-corrected chi connectivity index (χ1v) is 9.20. The predicted molar refractivity (Wildman–Crippen MR) is 104 cm³/mol. The Morgan fingerprint density at radius 3 is 2.58 bits per heavy atom. The van der Waals surface area contributed by atoms with Crippen molar-refractivity contribution in [1.82, 2.24) is 20.2 Å². The Morgan fingerprint density at radius 2 is 1.88 bits per heavy atom. The minimum absolute atomic E-state index is 0.00335. The van der Waals surface area contributed by atoms with Gasteiger partial charge >= 0.3 is 0 Å². The lowest BCUT2D eigenvalue weighted by atomic mass is 10.1. The second-order valence-corrected chi connectivity index (χ2v) is 7.46. The molecule has 26 heavy (non-hydrogen) atoms. The van der Waals surface area contributed by atoms with Crippen molar-refractivity contribution in [2.75, 3.05) is 11.9 Å². The highest BCUT2D eigenvalue weighted by atomic mass is 32.2. The zero-order chi connectivity index (χ0) is 18.7. The van der Waals surface area contributed by atoms with E-state index in [1.165, 1.54) is 17.3 Å². The van der Waals surface area contributed by atoms with Crippen molar-refractivity contribution in [3.05, 3.63) is 59.7 Å². The number of carbonyl (C=O) groups is 1. The second-order valence-electron chi connectivity index (χ2n) is 6.16. The Hall–Kier alpha value is -2.67. The van der Waals surface area contributed by atoms with Gasteiger partial charge in [0.05, 0.1) is 10.9 Å². The van der Waals surface area contributed by atoms with E-state index in [-0.39, 0.29) is 11.2 Å². The zero-order valence-electron chi connectivity index (χ0n) is 15.2. The van der Waals surface area contributed by atoms with Crippen LogP contribution in [0, 0.1) is 13.8 Å². The number of nitrogens with zero attached hydrogens (tertiary/aromatic N) is 5. The van der Waals surface area contributed by atoms with Gasteiger partial charge in [-0.25, -0.2) is 0 Å². The topological polar surface area (TPSA) is 63.9 Å². The number of carbonyl (C=O) groups excluding carboxylic acids is 1. The van der Waals surface area contributed by atoms with Gasteiger partial charge in [0.15, 0.2) is 0 Å². The molecule has 0 saturated heterocycles. The van der Waals surface area contributed by atoms with Crippen LogP contribution in [0.3, 0.4) is 0 Å². The number of aromatic nitrogens is 4. The lowest BCUT2D eigenvalue weighted by molar-refractivity contribution is -0.117. The van der Waals surface area contributed by atoms with E-state index in [9.17, 15) is 4.79 Å². The summed E-state index contributed by atoms with van der Waals surface area (Å²) in [6, 6.07) is 15.7. The molecule has 0 spiro atoms. The van der Waals surface area contributed by atoms with Gasteiger partial charge in [0.25, 0.3) is 0 Å². The summed E-state index contributed by atoms with van der Waals surface area (Å²) >= 11 is 1.35. The minimum atomic E-state index is -0.323. The molecule has 1 aromatic heterocycles. The largest absolute Gasteiger partial charge is 0.315 e. The summed E-state index contributed by atoms with van der Waals surface area (Å²) < 4.78 is 1.69. The summed E-state index contributed by atoms with van der Waals surface area (Å²) in [6.45, 7) is 5.94. The molecule has 3 aromatic rings. The highest BCUT2D eigenvalue weighted by Crippen LogP contribution is 2.26. The summed E-state index contributed by atoms with van der Waals surface area (Å²) in [4.78, 5) is 14.4. The maximum Gasteiger partial charge on any atom is 0.240 e. The molecule has 0 aliphatic rings. The monoisotopic (exact) mass is 367 g/mol. The molecule has 0 aliphatic heterocycles. The first kappa shape index (κ1) is 18.1. The molecule has 0 fully saturated rings. The maximum atomic E-state index is 12.8. The Morgan fingerprint density at radius 1 is 1.15 bits per heavy atom. The molecule has 0 bridgehead atoms. The molecular formula is C19H21N5OS. The van der Waals surface area contributed by atoms with Crippen LogP contribution in [0.4, 0.5) is 5.69 Å². The lowest BCUT2D eigenvalue weighted by Gasteiger charge is -2.21. The lowest BCUT2D eigenvalue weighted by Crippen LogP contribution is -2.33. The van der Waals surface area contributed by atoms with Crippen LogP contribution in [0.15, 0.2) is 53.7 Å². The van der Waals surface area contributed by atoms with Gasteiger partial charge in [-0.15, -0.1) is 5.10 Å². The molecule has 2 aromatic carbocycles. The Balaban J connectivity index is 1.79. The van der Waals surface area contributed by atoms with E-state index in [1.54, 1.807) is 16.6 Å². The van der Waals surface area contributed by atoms with E-state index in [1.807, 2.05) is 63.2 Å². The molecule has 0 saturated carbocycles. The van der Waals surface area contributed by atoms with Gasteiger partial charge in [-0.05, 0) is 55.0 Å². The van der Waals surface area contributed by atoms with Crippen molar-refractivity contribution >= 4 is 23.4 Å². The molecule has 134 valence electrons. The van der Waals surface area contributed by atoms with Crippen molar-refractivity contribution < 1.29 is 4.79 Å². The standard InChI is InChI=1S/C19H21N5OS/c1-13-10-11-17(14(2)12-13)24-19(20-21-22-24)26-15(3)18(25)23(4)16-8-6-5-7-9-16/h5-12,15H,1-4H3. The summed E-state index contributed by atoms with van der Waals surface area (Å²) in [5, 5.41) is 12.3. The minimum Gasteiger partial charge on any atom is -0.315 e. The smallest absolute Gasteiger partial charge is 0.240 e. The average Bonchev–Trinajstić information content (AvgIpc) is 3.09. The predicted octanol–water partition coefficient (Wildman–Crippen LogP) is 3.42. The second kappa shape index (κ2) is 7.70. The number of hydrogen-bond acceptors (Lipinski definition) is 5. The molecule has 6 nitrogen and oxygen atoms in total. The fourth-order valence-corrected chi connectivity index (χ4v) is 3.60. The Bertz CT molecular complexity index is 909. The van der Waals surface area contributed by atoms with Crippen LogP contribution in [0.1, 0.15) is 18.1 Å². The Kier molecular flexibility index (Phi) is 5.37. The summed E-state index contributed by atoms with van der Waals surface area (Å²) in [6.07, 6.45) is 0. The van der Waals surface area contributed by atoms with Crippen molar-refractivity contribution in [1.29, 1.82) is 0 Å². The quantitative estimate of drug-likeness (QED) is 0.647. The molecule has 0 radical (unpaired) electrons. The highest BCUT2D eigenvalue weighted by Gasteiger charge is 2.23. The number of thioether (sulfide) groups is 1. The first-order chi connectivity index (χ1) is 12.5. The van der Waals surface area contributed by atoms with Gasteiger partial charge in [-0.1, -0.05) is 47.7 Å². The third-order valence-electron chi connectivity index (χ3n) is 4.13. The Labute approximate surface area is 157 Å². The number of benzene rings is 2. The summed E-state index contributed by atoms with van der Waals surface area (Å²) in [7, 11) is 1.78. The van der Waals surface area contributed by atoms with Crippen molar-refractivity contribution in [2.24, 2.45) is 0 Å². The van der Waals surface area contributed by atoms with Crippen LogP contribution < -0.4 is 4.90 Å². The SMILES string of the molecule is Cc1ccc(-n2nnnc2SC(C)C(=O)N(C)c2ccccc2)c(C)c1. The average molecular weight is 367 g/mol. The van der Waals surface area contributed by atoms with Crippen molar-refractivity contribution in [3.8, 4) is 5.69 Å². The fourth-order valence-electron chi connectivity index (χ4n) is 2.71. The molecule has 1 heterocycles. The van der Waals surface area contributed by atoms with Crippen molar-refractivity contribution in [2.45, 2.75) is 31.2 Å². The molecular weight excluding hydrogens is 346 g/mol. The third kappa shape index (κ3) is 3.77. The normalized spacial score (nSPS) is 12.0. The van der Waals surface area contributed by atoms with Gasteiger partial charge in [0.1, 0.15) is 0 Å². The van der Waals surface area contributed by atoms with Gasteiger partial charge in [0.2, 0.25) is 11.1 Å². The van der Waals surface area contributed by atoms with Crippen molar-refractivity contribution in [3.63, 3.8) is 0 Å². The van der Waals surface area contributed by atoms with Gasteiger partial charge in [-0.2, -0.15) is 4.68 Å². The van der Waals surface area contributed by atoms with Gasteiger partial charge in [0, 0.05) is 12.7 Å². The highest BCUT2D eigenvalue weighted by molar-refractivity contribution is 8.00. The van der Waals surface area contributed by atoms with Crippen LogP contribution in [0.25, 0.3) is 5.69 Å². The first-order valence-electron chi connectivity index (χ1n) is 8.32. The molecule has 1 unspecified atom stereocenters. The number of aryl methyl sites for hydroxylation is 2. The molecule has 0 N–H and O–H groups in total. The van der Waals surface area contributed by atoms with E-state index in [0.717, 1.165) is 16.9 Å². The van der Waals surface area contributed by atoms with E-state index in [4.69, 9.17) is 0 Å². The fraction of sp³-hybridized carbons (Fsp3) is 0.263. The molecule has 1 amide bonds. The van der Waals surface area contributed by atoms with Crippen LogP contribution in [-0.4, -0.2) is 38.4 Å². The summed E-state index contributed by atoms with van der Waals surface area (Å²) in [5.41, 5.74) is 4.04. The number of rotatable bonds is 5. The van der Waals surface area contributed by atoms with E-state index in [2.05, 4.69) is 21.6 Å². The number of hydrogen-bond donors (Lipinski definition) is 0. The molecule has 1 atom stereocenters. The number of para-hydroxylation sites is 1. The van der Waals surface area contributed by atoms with Crippen LogP contribution in [-0.2, 0) is 4.79 Å². The molecule has 3 rings (SSSR count). The van der Waals surface area contributed by atoms with Gasteiger partial charge < -0.3 is 4.90 Å². The van der Waals surface area contributed by atoms with Crippen LogP contribution >= 0.6 is 11.8 Å². The van der Waals surface area contributed by atoms with Crippen LogP contribution in [0.5, 0.6) is 0 Å². The molecule has 0 aliphatic carbocycles. The third-order valence-corrected chi connectivity index (χ3v) is 5.15. The number of anilines is 1.